The molecule has 2 aromatic carbocycles. The Morgan fingerprint density at radius 2 is 1.90 bits per heavy atom. The number of fused-ring (bicyclic) bond motifs is 1. The predicted octanol–water partition coefficient (Wildman–Crippen LogP) is 6.06. The highest BCUT2D eigenvalue weighted by Gasteiger charge is 2.61. The zero-order chi connectivity index (χ0) is 21.3. The van der Waals surface area contributed by atoms with E-state index in [0.717, 1.165) is 43.4 Å². The molecule has 4 heteroatoms. The summed E-state index contributed by atoms with van der Waals surface area (Å²) in [7, 11) is -1.08. The van der Waals surface area contributed by atoms with Gasteiger partial charge >= 0.3 is 0 Å². The van der Waals surface area contributed by atoms with E-state index in [-0.39, 0.29) is 16.6 Å². The van der Waals surface area contributed by atoms with Crippen molar-refractivity contribution in [3.05, 3.63) is 69.5 Å². The van der Waals surface area contributed by atoms with Gasteiger partial charge in [0.1, 0.15) is 5.82 Å². The van der Waals surface area contributed by atoms with Crippen LogP contribution in [0.2, 0.25) is 0 Å². The summed E-state index contributed by atoms with van der Waals surface area (Å²) < 4.78 is 30.6. The molecule has 2 atom stereocenters. The molecule has 0 bridgehead atoms. The Kier molecular flexibility index (Phi) is 4.75. The van der Waals surface area contributed by atoms with Crippen molar-refractivity contribution in [3.63, 3.8) is 0 Å². The van der Waals surface area contributed by atoms with Gasteiger partial charge in [-0.25, -0.2) is 12.9 Å². The summed E-state index contributed by atoms with van der Waals surface area (Å²) in [6, 6.07) is 9.99. The summed E-state index contributed by atoms with van der Waals surface area (Å²) in [6.07, 6.45) is 4.26. The number of nitrogens with zero attached hydrogens (tertiary/aromatic N) is 1. The minimum atomic E-state index is -1.08. The SMILES string of the molecule is Cc1ccc(CS(=O)N2CCC3CC(C)(C)C4(CC4)c4c(F)ccc(c43)C2)cc1C. The van der Waals surface area contributed by atoms with E-state index in [1.165, 1.54) is 22.3 Å². The molecule has 1 fully saturated rings. The van der Waals surface area contributed by atoms with Crippen molar-refractivity contribution in [3.8, 4) is 0 Å². The molecule has 2 nitrogen and oxygen atoms in total. The Labute approximate surface area is 182 Å². The third kappa shape index (κ3) is 3.10. The van der Waals surface area contributed by atoms with Crippen LogP contribution in [0.15, 0.2) is 30.3 Å². The van der Waals surface area contributed by atoms with Gasteiger partial charge in [0.15, 0.2) is 0 Å². The van der Waals surface area contributed by atoms with Crippen LogP contribution < -0.4 is 0 Å². The summed E-state index contributed by atoms with van der Waals surface area (Å²) in [5.74, 6) is 0.897. The van der Waals surface area contributed by atoms with Crippen molar-refractivity contribution in [1.82, 2.24) is 4.31 Å². The van der Waals surface area contributed by atoms with Crippen LogP contribution in [0, 0.1) is 25.1 Å². The molecule has 1 saturated carbocycles. The van der Waals surface area contributed by atoms with E-state index in [2.05, 4.69) is 50.2 Å². The Balaban J connectivity index is 1.46. The summed E-state index contributed by atoms with van der Waals surface area (Å²) >= 11 is 0. The van der Waals surface area contributed by atoms with E-state index in [1.807, 2.05) is 6.07 Å². The first-order chi connectivity index (χ1) is 14.2. The lowest BCUT2D eigenvalue weighted by Gasteiger charge is -2.45. The molecule has 5 rings (SSSR count). The number of halogens is 1. The normalized spacial score (nSPS) is 24.9. The van der Waals surface area contributed by atoms with Crippen LogP contribution in [0.3, 0.4) is 0 Å². The second-order valence-electron chi connectivity index (χ2n) is 10.4. The quantitative estimate of drug-likeness (QED) is 0.585. The summed E-state index contributed by atoms with van der Waals surface area (Å²) in [5.41, 5.74) is 7.24. The zero-order valence-corrected chi connectivity index (χ0v) is 19.4. The average molecular weight is 426 g/mol. The molecule has 0 amide bonds. The van der Waals surface area contributed by atoms with Crippen molar-refractivity contribution in [1.29, 1.82) is 0 Å². The number of hydrogen-bond donors (Lipinski definition) is 0. The van der Waals surface area contributed by atoms with E-state index in [9.17, 15) is 4.21 Å². The topological polar surface area (TPSA) is 20.3 Å². The van der Waals surface area contributed by atoms with Crippen molar-refractivity contribution in [2.75, 3.05) is 6.54 Å². The molecule has 0 saturated heterocycles. The minimum absolute atomic E-state index is 0.0197. The van der Waals surface area contributed by atoms with Gasteiger partial charge in [-0.2, -0.15) is 0 Å². The van der Waals surface area contributed by atoms with Crippen LogP contribution >= 0.6 is 0 Å². The number of benzene rings is 2. The third-order valence-corrected chi connectivity index (χ3v) is 9.66. The molecule has 0 radical (unpaired) electrons. The van der Waals surface area contributed by atoms with Crippen molar-refractivity contribution < 1.29 is 8.60 Å². The highest BCUT2D eigenvalue weighted by atomic mass is 32.2. The molecule has 1 spiro atoms. The van der Waals surface area contributed by atoms with Crippen LogP contribution in [0.1, 0.15) is 78.8 Å². The molecule has 30 heavy (non-hydrogen) atoms. The molecule has 160 valence electrons. The molecule has 2 aliphatic carbocycles. The molecule has 1 heterocycles. The van der Waals surface area contributed by atoms with Gasteiger partial charge < -0.3 is 0 Å². The van der Waals surface area contributed by atoms with E-state index in [0.29, 0.717) is 18.2 Å². The van der Waals surface area contributed by atoms with E-state index >= 15 is 4.39 Å². The van der Waals surface area contributed by atoms with Gasteiger partial charge in [0, 0.05) is 18.5 Å². The zero-order valence-electron chi connectivity index (χ0n) is 18.6. The van der Waals surface area contributed by atoms with Crippen LogP contribution in [-0.4, -0.2) is 15.1 Å². The summed E-state index contributed by atoms with van der Waals surface area (Å²) in [5, 5.41) is 0. The standard InChI is InChI=1S/C26H32FNOS/c1-17-5-6-19(13-18(17)2)16-30(29)28-12-9-20-14-25(3,4)26(10-11-26)24-22(27)8-7-21(15-28)23(20)24/h5-8,13,20H,9-12,14-16H2,1-4H3. The smallest absolute Gasteiger partial charge is 0.127 e. The van der Waals surface area contributed by atoms with Crippen LogP contribution in [-0.2, 0) is 28.7 Å². The van der Waals surface area contributed by atoms with E-state index in [4.69, 9.17) is 0 Å². The summed E-state index contributed by atoms with van der Waals surface area (Å²) in [6.45, 7) is 10.3. The molecular formula is C26H32FNOS. The van der Waals surface area contributed by atoms with Crippen LogP contribution in [0.25, 0.3) is 0 Å². The Morgan fingerprint density at radius 1 is 1.13 bits per heavy atom. The Bertz CT molecular complexity index is 1040. The predicted molar refractivity (Wildman–Crippen MR) is 121 cm³/mol. The lowest BCUT2D eigenvalue weighted by molar-refractivity contribution is 0.191. The third-order valence-electron chi connectivity index (χ3n) is 8.20. The highest BCUT2D eigenvalue weighted by molar-refractivity contribution is 7.81. The van der Waals surface area contributed by atoms with Crippen molar-refractivity contribution in [2.45, 2.75) is 77.0 Å². The fraction of sp³-hybridized carbons (Fsp3) is 0.538. The highest BCUT2D eigenvalue weighted by Crippen LogP contribution is 2.68. The van der Waals surface area contributed by atoms with Gasteiger partial charge in [-0.05, 0) is 90.3 Å². The molecular weight excluding hydrogens is 393 g/mol. The van der Waals surface area contributed by atoms with Crippen molar-refractivity contribution >= 4 is 11.0 Å². The fourth-order valence-electron chi connectivity index (χ4n) is 6.15. The molecule has 0 N–H and O–H groups in total. The van der Waals surface area contributed by atoms with Gasteiger partial charge in [0.05, 0.1) is 16.7 Å². The first-order valence-corrected chi connectivity index (χ1v) is 12.5. The molecule has 3 aliphatic rings. The van der Waals surface area contributed by atoms with Crippen molar-refractivity contribution in [2.24, 2.45) is 5.41 Å². The molecule has 1 aliphatic heterocycles. The van der Waals surface area contributed by atoms with Gasteiger partial charge in [-0.1, -0.05) is 38.1 Å². The fourth-order valence-corrected chi connectivity index (χ4v) is 7.39. The van der Waals surface area contributed by atoms with E-state index < -0.39 is 11.0 Å². The Morgan fingerprint density at radius 3 is 2.60 bits per heavy atom. The lowest BCUT2D eigenvalue weighted by Crippen LogP contribution is -2.38. The Hall–Kier alpha value is -1.52. The maximum atomic E-state index is 15.1. The van der Waals surface area contributed by atoms with Gasteiger partial charge in [-0.15, -0.1) is 0 Å². The largest absolute Gasteiger partial charge is 0.242 e. The summed E-state index contributed by atoms with van der Waals surface area (Å²) in [4.78, 5) is 0. The molecule has 0 aromatic heterocycles. The first-order valence-electron chi connectivity index (χ1n) is 11.2. The van der Waals surface area contributed by atoms with E-state index in [1.54, 1.807) is 6.07 Å². The lowest BCUT2D eigenvalue weighted by atomic mass is 9.59. The second-order valence-corrected chi connectivity index (χ2v) is 11.8. The van der Waals surface area contributed by atoms with Crippen LogP contribution in [0.4, 0.5) is 4.39 Å². The number of aryl methyl sites for hydroxylation is 2. The first kappa shape index (κ1) is 20.4. The monoisotopic (exact) mass is 425 g/mol. The molecule has 2 aromatic rings. The number of rotatable bonds is 3. The van der Waals surface area contributed by atoms with Crippen LogP contribution in [0.5, 0.6) is 0 Å². The van der Waals surface area contributed by atoms with Gasteiger partial charge in [-0.3, -0.25) is 0 Å². The maximum absolute atomic E-state index is 15.1. The number of hydrogen-bond acceptors (Lipinski definition) is 1. The average Bonchev–Trinajstić information content (AvgIpc) is 3.50. The van der Waals surface area contributed by atoms with Gasteiger partial charge in [0.25, 0.3) is 0 Å². The second kappa shape index (κ2) is 7.00. The maximum Gasteiger partial charge on any atom is 0.127 e. The van der Waals surface area contributed by atoms with Gasteiger partial charge in [0.2, 0.25) is 0 Å². The minimum Gasteiger partial charge on any atom is -0.242 e. The molecule has 2 unspecified atom stereocenters.